The molecule has 3 heterocycles. The second-order valence-corrected chi connectivity index (χ2v) is 8.79. The molecule has 1 aromatic heterocycles. The first-order chi connectivity index (χ1) is 14.0. The van der Waals surface area contributed by atoms with Crippen LogP contribution in [0.4, 0.5) is 5.82 Å². The molecule has 2 fully saturated rings. The number of anilines is 1. The van der Waals surface area contributed by atoms with Crippen molar-refractivity contribution in [3.63, 3.8) is 0 Å². The van der Waals surface area contributed by atoms with Crippen molar-refractivity contribution in [2.24, 2.45) is 4.99 Å². The number of morpholine rings is 1. The van der Waals surface area contributed by atoms with E-state index < -0.39 is 0 Å². The second-order valence-electron chi connectivity index (χ2n) is 8.79. The predicted molar refractivity (Wildman–Crippen MR) is 120 cm³/mol. The van der Waals surface area contributed by atoms with Crippen molar-refractivity contribution in [3.8, 4) is 0 Å². The Kier molecular flexibility index (Phi) is 7.72. The molecule has 3 rings (SSSR count). The summed E-state index contributed by atoms with van der Waals surface area (Å²) in [5.41, 5.74) is 1.27. The first kappa shape index (κ1) is 21.8. The van der Waals surface area contributed by atoms with Gasteiger partial charge in [-0.2, -0.15) is 0 Å². The molecule has 2 saturated heterocycles. The molecule has 29 heavy (non-hydrogen) atoms. The van der Waals surface area contributed by atoms with Gasteiger partial charge in [-0.25, -0.2) is 4.98 Å². The van der Waals surface area contributed by atoms with Crippen LogP contribution in [0.1, 0.15) is 45.6 Å². The first-order valence-electron chi connectivity index (χ1n) is 11.0. The van der Waals surface area contributed by atoms with Gasteiger partial charge in [-0.05, 0) is 58.3 Å². The molecule has 1 atom stereocenters. The lowest BCUT2D eigenvalue weighted by Crippen LogP contribution is -2.54. The summed E-state index contributed by atoms with van der Waals surface area (Å²) in [6.45, 7) is 13.3. The summed E-state index contributed by atoms with van der Waals surface area (Å²) in [5.74, 6) is 1.86. The SMILES string of the molecule is CN=C(NCc1ccc(N2CCOC(C)C2)nc1)NCC(C)(C)N1CCCCC1. The molecule has 0 aromatic carbocycles. The van der Waals surface area contributed by atoms with Crippen LogP contribution in [0.25, 0.3) is 0 Å². The molecular formula is C22H38N6O. The van der Waals surface area contributed by atoms with Gasteiger partial charge in [-0.1, -0.05) is 12.5 Å². The number of piperidine rings is 1. The van der Waals surface area contributed by atoms with Gasteiger partial charge in [0, 0.05) is 45.0 Å². The van der Waals surface area contributed by atoms with E-state index in [-0.39, 0.29) is 11.6 Å². The summed E-state index contributed by atoms with van der Waals surface area (Å²) in [7, 11) is 1.82. The number of hydrogen-bond acceptors (Lipinski definition) is 5. The lowest BCUT2D eigenvalue weighted by atomic mass is 9.98. The lowest BCUT2D eigenvalue weighted by Gasteiger charge is -2.41. The normalized spacial score (nSPS) is 21.9. The largest absolute Gasteiger partial charge is 0.375 e. The Morgan fingerprint density at radius 3 is 2.66 bits per heavy atom. The third kappa shape index (κ3) is 6.31. The molecule has 0 saturated carbocycles. The molecule has 162 valence electrons. The Hall–Kier alpha value is -1.86. The van der Waals surface area contributed by atoms with Crippen LogP contribution in [0.3, 0.4) is 0 Å². The highest BCUT2D eigenvalue weighted by atomic mass is 16.5. The molecule has 0 amide bonds. The molecule has 0 radical (unpaired) electrons. The van der Waals surface area contributed by atoms with Gasteiger partial charge in [0.2, 0.25) is 0 Å². The second kappa shape index (κ2) is 10.3. The fourth-order valence-electron chi connectivity index (χ4n) is 4.05. The minimum atomic E-state index is 0.122. The van der Waals surface area contributed by atoms with Crippen LogP contribution in [-0.2, 0) is 11.3 Å². The highest BCUT2D eigenvalue weighted by molar-refractivity contribution is 5.79. The average molecular weight is 403 g/mol. The minimum absolute atomic E-state index is 0.122. The van der Waals surface area contributed by atoms with Gasteiger partial charge in [0.05, 0.1) is 12.7 Å². The fraction of sp³-hybridized carbons (Fsp3) is 0.727. The van der Waals surface area contributed by atoms with E-state index in [0.29, 0.717) is 6.54 Å². The maximum Gasteiger partial charge on any atom is 0.191 e. The zero-order valence-corrected chi connectivity index (χ0v) is 18.6. The number of pyridine rings is 1. The molecule has 2 aliphatic rings. The van der Waals surface area contributed by atoms with E-state index in [1.54, 1.807) is 0 Å². The molecule has 7 heteroatoms. The van der Waals surface area contributed by atoms with Crippen LogP contribution in [-0.4, -0.2) is 73.9 Å². The molecule has 2 aliphatic heterocycles. The van der Waals surface area contributed by atoms with E-state index in [0.717, 1.165) is 43.6 Å². The average Bonchev–Trinajstić information content (AvgIpc) is 2.75. The molecule has 1 unspecified atom stereocenters. The summed E-state index contributed by atoms with van der Waals surface area (Å²) >= 11 is 0. The van der Waals surface area contributed by atoms with Gasteiger partial charge in [-0.15, -0.1) is 0 Å². The van der Waals surface area contributed by atoms with Crippen molar-refractivity contribution in [3.05, 3.63) is 23.9 Å². The number of rotatable bonds is 6. The van der Waals surface area contributed by atoms with E-state index in [4.69, 9.17) is 4.74 Å². The Balaban J connectivity index is 1.46. The molecule has 7 nitrogen and oxygen atoms in total. The number of nitrogens with one attached hydrogen (secondary N) is 2. The Morgan fingerprint density at radius 2 is 2.00 bits per heavy atom. The number of hydrogen-bond donors (Lipinski definition) is 2. The van der Waals surface area contributed by atoms with E-state index >= 15 is 0 Å². The molecule has 1 aromatic rings. The molecule has 2 N–H and O–H groups in total. The van der Waals surface area contributed by atoms with E-state index in [1.165, 1.54) is 32.4 Å². The number of ether oxygens (including phenoxy) is 1. The topological polar surface area (TPSA) is 65.0 Å². The summed E-state index contributed by atoms with van der Waals surface area (Å²) in [5, 5.41) is 6.91. The Bertz CT molecular complexity index is 654. The van der Waals surface area contributed by atoms with Gasteiger partial charge in [0.1, 0.15) is 5.82 Å². The number of nitrogens with zero attached hydrogens (tertiary/aromatic N) is 4. The van der Waals surface area contributed by atoms with Crippen LogP contribution >= 0.6 is 0 Å². The summed E-state index contributed by atoms with van der Waals surface area (Å²) in [4.78, 5) is 13.9. The summed E-state index contributed by atoms with van der Waals surface area (Å²) in [6, 6.07) is 4.24. The van der Waals surface area contributed by atoms with Gasteiger partial charge in [0.25, 0.3) is 0 Å². The van der Waals surface area contributed by atoms with Crippen LogP contribution in [0, 0.1) is 0 Å². The Morgan fingerprint density at radius 1 is 1.21 bits per heavy atom. The van der Waals surface area contributed by atoms with Crippen molar-refractivity contribution in [2.45, 2.75) is 58.2 Å². The summed E-state index contributed by atoms with van der Waals surface area (Å²) in [6.07, 6.45) is 6.19. The Labute approximate surface area is 175 Å². The monoisotopic (exact) mass is 402 g/mol. The van der Waals surface area contributed by atoms with E-state index in [9.17, 15) is 0 Å². The zero-order valence-electron chi connectivity index (χ0n) is 18.6. The van der Waals surface area contributed by atoms with E-state index in [2.05, 4.69) is 63.3 Å². The maximum absolute atomic E-state index is 5.61. The van der Waals surface area contributed by atoms with Crippen molar-refractivity contribution < 1.29 is 4.74 Å². The van der Waals surface area contributed by atoms with Crippen molar-refractivity contribution in [1.29, 1.82) is 0 Å². The highest BCUT2D eigenvalue weighted by Crippen LogP contribution is 2.20. The predicted octanol–water partition coefficient (Wildman–Crippen LogP) is 2.24. The number of likely N-dealkylation sites (tertiary alicyclic amines) is 1. The smallest absolute Gasteiger partial charge is 0.191 e. The van der Waals surface area contributed by atoms with Crippen LogP contribution in [0.2, 0.25) is 0 Å². The quantitative estimate of drug-likeness (QED) is 0.562. The third-order valence-corrected chi connectivity index (χ3v) is 5.96. The fourth-order valence-corrected chi connectivity index (χ4v) is 4.05. The minimum Gasteiger partial charge on any atom is -0.375 e. The molecule has 0 spiro atoms. The van der Waals surface area contributed by atoms with Gasteiger partial charge in [-0.3, -0.25) is 9.89 Å². The van der Waals surface area contributed by atoms with Gasteiger partial charge in [0.15, 0.2) is 5.96 Å². The number of guanidine groups is 1. The first-order valence-corrected chi connectivity index (χ1v) is 11.0. The molecule has 0 aliphatic carbocycles. The lowest BCUT2D eigenvalue weighted by molar-refractivity contribution is 0.0529. The maximum atomic E-state index is 5.61. The van der Waals surface area contributed by atoms with E-state index in [1.807, 2.05) is 13.2 Å². The molecule has 0 bridgehead atoms. The molecular weight excluding hydrogens is 364 g/mol. The highest BCUT2D eigenvalue weighted by Gasteiger charge is 2.27. The summed E-state index contributed by atoms with van der Waals surface area (Å²) < 4.78 is 5.61. The number of aromatic nitrogens is 1. The zero-order chi connectivity index (χ0) is 20.7. The van der Waals surface area contributed by atoms with Crippen LogP contribution in [0.5, 0.6) is 0 Å². The van der Waals surface area contributed by atoms with Crippen molar-refractivity contribution in [2.75, 3.05) is 51.3 Å². The number of aliphatic imine (C=N–C) groups is 1. The van der Waals surface area contributed by atoms with Crippen LogP contribution < -0.4 is 15.5 Å². The van der Waals surface area contributed by atoms with Crippen LogP contribution in [0.15, 0.2) is 23.3 Å². The van der Waals surface area contributed by atoms with Crippen molar-refractivity contribution in [1.82, 2.24) is 20.5 Å². The third-order valence-electron chi connectivity index (χ3n) is 5.96. The van der Waals surface area contributed by atoms with Gasteiger partial charge >= 0.3 is 0 Å². The van der Waals surface area contributed by atoms with Crippen molar-refractivity contribution >= 4 is 11.8 Å². The van der Waals surface area contributed by atoms with Gasteiger partial charge < -0.3 is 20.3 Å². The standard InChI is InChI=1S/C22H38N6O/c1-18-16-27(12-13-29-18)20-9-8-19(14-24-20)15-25-21(23-4)26-17-22(2,3)28-10-6-5-7-11-28/h8-9,14,18H,5-7,10-13,15-17H2,1-4H3,(H2,23,25,26).